The first-order valence-electron chi connectivity index (χ1n) is 9.11. The predicted octanol–water partition coefficient (Wildman–Crippen LogP) is 2.65. The molecule has 0 bridgehead atoms. The van der Waals surface area contributed by atoms with Crippen molar-refractivity contribution in [1.82, 2.24) is 4.90 Å². The molecule has 2 aliphatic heterocycles. The highest BCUT2D eigenvalue weighted by Crippen LogP contribution is 2.28. The third kappa shape index (κ3) is 3.18. The van der Waals surface area contributed by atoms with E-state index in [9.17, 15) is 9.59 Å². The van der Waals surface area contributed by atoms with Gasteiger partial charge in [-0.3, -0.25) is 14.5 Å². The molecule has 2 amide bonds. The molecule has 130 valence electrons. The van der Waals surface area contributed by atoms with E-state index in [1.807, 2.05) is 38.1 Å². The van der Waals surface area contributed by atoms with E-state index in [0.717, 1.165) is 26.2 Å². The number of hydrogen-bond acceptors (Lipinski definition) is 4. The van der Waals surface area contributed by atoms with E-state index in [0.29, 0.717) is 5.69 Å². The van der Waals surface area contributed by atoms with Crippen LogP contribution in [-0.2, 0) is 9.59 Å². The fraction of sp³-hybridized carbons (Fsp3) is 0.579. The molecule has 2 heterocycles. The normalized spacial score (nSPS) is 21.9. The Labute approximate surface area is 144 Å². The lowest BCUT2D eigenvalue weighted by Gasteiger charge is -2.29. The molecule has 2 fully saturated rings. The van der Waals surface area contributed by atoms with Crippen molar-refractivity contribution in [3.05, 3.63) is 24.3 Å². The average molecular weight is 329 g/mol. The summed E-state index contributed by atoms with van der Waals surface area (Å²) >= 11 is 0. The zero-order valence-corrected chi connectivity index (χ0v) is 14.7. The zero-order chi connectivity index (χ0) is 17.1. The van der Waals surface area contributed by atoms with Crippen molar-refractivity contribution in [3.63, 3.8) is 0 Å². The van der Waals surface area contributed by atoms with E-state index in [-0.39, 0.29) is 24.3 Å². The molecule has 0 aromatic heterocycles. The second-order valence-electron chi connectivity index (χ2n) is 6.57. The van der Waals surface area contributed by atoms with E-state index < -0.39 is 0 Å². The van der Waals surface area contributed by atoms with Crippen molar-refractivity contribution in [2.24, 2.45) is 0 Å². The van der Waals surface area contributed by atoms with Gasteiger partial charge in [0.05, 0.1) is 18.2 Å². The predicted molar refractivity (Wildman–Crippen MR) is 96.3 cm³/mol. The molecular weight excluding hydrogens is 302 g/mol. The summed E-state index contributed by atoms with van der Waals surface area (Å²) < 4.78 is 0. The van der Waals surface area contributed by atoms with Gasteiger partial charge in [0.1, 0.15) is 0 Å². The molecule has 0 saturated carbocycles. The highest BCUT2D eigenvalue weighted by molar-refractivity contribution is 6.22. The summed E-state index contributed by atoms with van der Waals surface area (Å²) in [5, 5.41) is 0. The molecule has 2 aliphatic rings. The lowest BCUT2D eigenvalue weighted by atomic mass is 10.1. The van der Waals surface area contributed by atoms with Crippen LogP contribution in [0.2, 0.25) is 0 Å². The molecule has 1 atom stereocenters. The molecule has 3 rings (SSSR count). The van der Waals surface area contributed by atoms with Crippen LogP contribution in [0.1, 0.15) is 39.5 Å². The number of anilines is 2. The largest absolute Gasteiger partial charge is 0.372 e. The molecule has 1 aromatic carbocycles. The van der Waals surface area contributed by atoms with Gasteiger partial charge in [-0.2, -0.15) is 0 Å². The van der Waals surface area contributed by atoms with Gasteiger partial charge in [-0.1, -0.05) is 13.8 Å². The Hall–Kier alpha value is -1.88. The van der Waals surface area contributed by atoms with Crippen LogP contribution in [0.5, 0.6) is 0 Å². The van der Waals surface area contributed by atoms with Crippen LogP contribution in [0.25, 0.3) is 0 Å². The van der Waals surface area contributed by atoms with Gasteiger partial charge in [0.15, 0.2) is 0 Å². The maximum atomic E-state index is 12.7. The van der Waals surface area contributed by atoms with Gasteiger partial charge in [-0.15, -0.1) is 0 Å². The third-order valence-electron chi connectivity index (χ3n) is 5.21. The number of carbonyl (C=O) groups excluding carboxylic acids is 2. The molecule has 5 heteroatoms. The summed E-state index contributed by atoms with van der Waals surface area (Å²) in [5.74, 6) is -0.183. The molecule has 0 spiro atoms. The topological polar surface area (TPSA) is 43.9 Å². The van der Waals surface area contributed by atoms with Crippen molar-refractivity contribution in [3.8, 4) is 0 Å². The molecule has 5 nitrogen and oxygen atoms in total. The van der Waals surface area contributed by atoms with Gasteiger partial charge in [0, 0.05) is 18.8 Å². The van der Waals surface area contributed by atoms with Crippen LogP contribution in [0.3, 0.4) is 0 Å². The molecule has 0 radical (unpaired) electrons. The number of imide groups is 1. The van der Waals surface area contributed by atoms with Gasteiger partial charge in [-0.05, 0) is 56.6 Å². The first-order chi connectivity index (χ1) is 11.7. The average Bonchev–Trinajstić information content (AvgIpc) is 2.92. The zero-order valence-electron chi connectivity index (χ0n) is 14.7. The van der Waals surface area contributed by atoms with E-state index in [1.54, 1.807) is 0 Å². The van der Waals surface area contributed by atoms with Crippen LogP contribution >= 0.6 is 0 Å². The van der Waals surface area contributed by atoms with E-state index in [2.05, 4.69) is 9.80 Å². The van der Waals surface area contributed by atoms with Crippen molar-refractivity contribution in [2.75, 3.05) is 36.0 Å². The SMILES string of the molecule is CCN(CC)[C@H]1CC(=O)N(c2ccc(N3CCCCC3)cc2)C1=O. The molecular formula is C19H27N3O2. The number of carbonyl (C=O) groups is 2. The summed E-state index contributed by atoms with van der Waals surface area (Å²) in [7, 11) is 0. The Bertz CT molecular complexity index is 589. The van der Waals surface area contributed by atoms with Crippen molar-refractivity contribution in [2.45, 2.75) is 45.6 Å². The first-order valence-corrected chi connectivity index (χ1v) is 9.11. The third-order valence-corrected chi connectivity index (χ3v) is 5.21. The summed E-state index contributed by atoms with van der Waals surface area (Å²) in [6.07, 6.45) is 4.05. The van der Waals surface area contributed by atoms with Gasteiger partial charge in [-0.25, -0.2) is 4.90 Å². The summed E-state index contributed by atoms with van der Waals surface area (Å²) in [5.41, 5.74) is 1.87. The fourth-order valence-electron chi connectivity index (χ4n) is 3.80. The molecule has 0 unspecified atom stereocenters. The number of hydrogen-bond donors (Lipinski definition) is 0. The minimum atomic E-state index is -0.311. The number of piperidine rings is 1. The minimum absolute atomic E-state index is 0.0885. The van der Waals surface area contributed by atoms with Crippen molar-refractivity contribution >= 4 is 23.2 Å². The Morgan fingerprint density at radius 2 is 1.54 bits per heavy atom. The second-order valence-corrected chi connectivity index (χ2v) is 6.57. The number of amides is 2. The Kier molecular flexibility index (Phi) is 5.19. The maximum absolute atomic E-state index is 12.7. The van der Waals surface area contributed by atoms with Gasteiger partial charge >= 0.3 is 0 Å². The highest BCUT2D eigenvalue weighted by atomic mass is 16.2. The number of rotatable bonds is 5. The van der Waals surface area contributed by atoms with Crippen molar-refractivity contribution < 1.29 is 9.59 Å². The number of nitrogens with zero attached hydrogens (tertiary/aromatic N) is 3. The van der Waals surface area contributed by atoms with Gasteiger partial charge < -0.3 is 4.90 Å². The molecule has 0 aliphatic carbocycles. The smallest absolute Gasteiger partial charge is 0.251 e. The molecule has 0 N–H and O–H groups in total. The quantitative estimate of drug-likeness (QED) is 0.779. The standard InChI is InChI=1S/C19H27N3O2/c1-3-20(4-2)17-14-18(23)22(19(17)24)16-10-8-15(9-11-16)21-12-6-5-7-13-21/h8-11,17H,3-7,12-14H2,1-2H3/t17-/m0/s1. The lowest BCUT2D eigenvalue weighted by Crippen LogP contribution is -2.42. The highest BCUT2D eigenvalue weighted by Gasteiger charge is 2.41. The summed E-state index contributed by atoms with van der Waals surface area (Å²) in [6.45, 7) is 7.79. The number of benzene rings is 1. The first kappa shape index (κ1) is 17.0. The Morgan fingerprint density at radius 3 is 2.12 bits per heavy atom. The monoisotopic (exact) mass is 329 g/mol. The maximum Gasteiger partial charge on any atom is 0.251 e. The lowest BCUT2D eigenvalue weighted by molar-refractivity contribution is -0.122. The van der Waals surface area contributed by atoms with E-state index in [1.165, 1.54) is 29.8 Å². The second kappa shape index (κ2) is 7.34. The van der Waals surface area contributed by atoms with Gasteiger partial charge in [0.2, 0.25) is 5.91 Å². The van der Waals surface area contributed by atoms with Crippen molar-refractivity contribution in [1.29, 1.82) is 0 Å². The Morgan fingerprint density at radius 1 is 0.958 bits per heavy atom. The molecule has 24 heavy (non-hydrogen) atoms. The van der Waals surface area contributed by atoms with Crippen LogP contribution in [0.15, 0.2) is 24.3 Å². The van der Waals surface area contributed by atoms with Crippen LogP contribution in [0, 0.1) is 0 Å². The summed E-state index contributed by atoms with van der Waals surface area (Å²) in [6, 6.07) is 7.57. The van der Waals surface area contributed by atoms with Crippen LogP contribution in [-0.4, -0.2) is 48.9 Å². The van der Waals surface area contributed by atoms with E-state index in [4.69, 9.17) is 0 Å². The fourth-order valence-corrected chi connectivity index (χ4v) is 3.80. The van der Waals surface area contributed by atoms with Crippen LogP contribution in [0.4, 0.5) is 11.4 Å². The number of likely N-dealkylation sites (N-methyl/N-ethyl adjacent to an activating group) is 1. The minimum Gasteiger partial charge on any atom is -0.372 e. The summed E-state index contributed by atoms with van der Waals surface area (Å²) in [4.78, 5) is 30.9. The Balaban J connectivity index is 1.76. The molecule has 2 saturated heterocycles. The molecule has 1 aromatic rings. The van der Waals surface area contributed by atoms with E-state index >= 15 is 0 Å². The van der Waals surface area contributed by atoms with Crippen LogP contribution < -0.4 is 9.80 Å². The van der Waals surface area contributed by atoms with Gasteiger partial charge in [0.25, 0.3) is 5.91 Å².